The van der Waals surface area contributed by atoms with Crippen LogP contribution in [0.25, 0.3) is 0 Å². The smallest absolute Gasteiger partial charge is 0.222 e. The Balaban J connectivity index is 1.32. The molecule has 2 aliphatic rings. The summed E-state index contributed by atoms with van der Waals surface area (Å²) in [5.41, 5.74) is 0. The maximum Gasteiger partial charge on any atom is 0.222 e. The van der Waals surface area contributed by atoms with Crippen LogP contribution in [-0.2, 0) is 16.1 Å². The lowest BCUT2D eigenvalue weighted by atomic mass is 10.1. The second-order valence-electron chi connectivity index (χ2n) is 6.92. The van der Waals surface area contributed by atoms with E-state index in [1.807, 2.05) is 9.58 Å². The van der Waals surface area contributed by atoms with Crippen LogP contribution in [0.5, 0.6) is 0 Å². The topological polar surface area (TPSA) is 66.7 Å². The van der Waals surface area contributed by atoms with Gasteiger partial charge >= 0.3 is 0 Å². The molecule has 2 aliphatic heterocycles. The highest BCUT2D eigenvalue weighted by atomic mass is 16.5. The van der Waals surface area contributed by atoms with Crippen LogP contribution >= 0.6 is 0 Å². The molecule has 0 spiro atoms. The Labute approximate surface area is 149 Å². The summed E-state index contributed by atoms with van der Waals surface area (Å²) >= 11 is 0. The zero-order valence-electron chi connectivity index (χ0n) is 15.2. The Hall–Kier alpha value is -1.51. The van der Waals surface area contributed by atoms with E-state index in [0.717, 1.165) is 72.0 Å². The average molecular weight is 350 g/mol. The second-order valence-corrected chi connectivity index (χ2v) is 6.92. The molecule has 0 aromatic carbocycles. The Morgan fingerprint density at radius 3 is 2.56 bits per heavy atom. The van der Waals surface area contributed by atoms with E-state index in [2.05, 4.69) is 26.8 Å². The van der Waals surface area contributed by atoms with Crippen molar-refractivity contribution in [2.75, 3.05) is 59.0 Å². The quantitative estimate of drug-likeness (QED) is 0.685. The Kier molecular flexibility index (Phi) is 6.77. The van der Waals surface area contributed by atoms with E-state index in [0.29, 0.717) is 18.4 Å². The first-order valence-electron chi connectivity index (χ1n) is 9.37. The molecule has 0 radical (unpaired) electrons. The molecule has 1 atom stereocenters. The zero-order chi connectivity index (χ0) is 17.5. The van der Waals surface area contributed by atoms with Gasteiger partial charge in [0.25, 0.3) is 0 Å². The predicted octanol–water partition coefficient (Wildman–Crippen LogP) is -0.0768. The number of carbonyl (C=O) groups excluding carboxylic acids is 1. The molecular formula is C17H30N6O2. The summed E-state index contributed by atoms with van der Waals surface area (Å²) < 4.78 is 7.25. The minimum atomic E-state index is 0.302. The summed E-state index contributed by atoms with van der Waals surface area (Å²) in [5.74, 6) is 0.302. The second kappa shape index (κ2) is 9.26. The molecule has 0 aliphatic carbocycles. The van der Waals surface area contributed by atoms with Gasteiger partial charge in [-0.1, -0.05) is 0 Å². The largest absolute Gasteiger partial charge is 0.379 e. The molecule has 8 heteroatoms. The summed E-state index contributed by atoms with van der Waals surface area (Å²) in [6.07, 6.45) is 4.90. The van der Waals surface area contributed by atoms with E-state index in [-0.39, 0.29) is 0 Å². The molecule has 1 aromatic rings. The van der Waals surface area contributed by atoms with E-state index >= 15 is 0 Å². The Morgan fingerprint density at radius 2 is 1.88 bits per heavy atom. The lowest BCUT2D eigenvalue weighted by Crippen LogP contribution is -2.49. The average Bonchev–Trinajstić information content (AvgIpc) is 3.19. The van der Waals surface area contributed by atoms with Crippen molar-refractivity contribution in [2.24, 2.45) is 0 Å². The van der Waals surface area contributed by atoms with Crippen molar-refractivity contribution in [3.8, 4) is 0 Å². The number of amides is 1. The van der Waals surface area contributed by atoms with Crippen LogP contribution in [0.2, 0.25) is 0 Å². The van der Waals surface area contributed by atoms with Gasteiger partial charge in [-0.15, -0.1) is 0 Å². The minimum absolute atomic E-state index is 0.302. The van der Waals surface area contributed by atoms with Gasteiger partial charge in [-0.25, -0.2) is 4.98 Å². The standard InChI is InChI=1S/C17H30N6O2/c1-16(21-10-12-25-13-11-21)2-3-17(24)22-7-4-20(5-8-22)6-9-23-15-18-14-19-23/h14-16H,2-13H2,1H3. The first kappa shape index (κ1) is 18.3. The van der Waals surface area contributed by atoms with Gasteiger partial charge in [0.2, 0.25) is 5.91 Å². The molecular weight excluding hydrogens is 320 g/mol. The molecule has 3 rings (SSSR count). The first-order chi connectivity index (χ1) is 12.2. The lowest BCUT2D eigenvalue weighted by Gasteiger charge is -2.35. The maximum absolute atomic E-state index is 12.5. The molecule has 3 heterocycles. The van der Waals surface area contributed by atoms with Gasteiger partial charge in [0.1, 0.15) is 12.7 Å². The molecule has 25 heavy (non-hydrogen) atoms. The molecule has 1 amide bonds. The van der Waals surface area contributed by atoms with Crippen molar-refractivity contribution in [3.05, 3.63) is 12.7 Å². The van der Waals surface area contributed by atoms with E-state index in [4.69, 9.17) is 4.74 Å². The van der Waals surface area contributed by atoms with Gasteiger partial charge < -0.3 is 9.64 Å². The number of aromatic nitrogens is 3. The van der Waals surface area contributed by atoms with Crippen LogP contribution < -0.4 is 0 Å². The van der Waals surface area contributed by atoms with Crippen LogP contribution in [0.3, 0.4) is 0 Å². The summed E-state index contributed by atoms with van der Waals surface area (Å²) in [6, 6.07) is 0.455. The number of rotatable bonds is 7. The van der Waals surface area contributed by atoms with Gasteiger partial charge in [-0.05, 0) is 13.3 Å². The number of hydrogen-bond donors (Lipinski definition) is 0. The minimum Gasteiger partial charge on any atom is -0.379 e. The van der Waals surface area contributed by atoms with Crippen LogP contribution in [0.15, 0.2) is 12.7 Å². The van der Waals surface area contributed by atoms with Crippen molar-refractivity contribution in [2.45, 2.75) is 32.4 Å². The van der Waals surface area contributed by atoms with Crippen molar-refractivity contribution in [3.63, 3.8) is 0 Å². The third kappa shape index (κ3) is 5.49. The van der Waals surface area contributed by atoms with E-state index in [1.165, 1.54) is 0 Å². The molecule has 1 aromatic heterocycles. The van der Waals surface area contributed by atoms with E-state index < -0.39 is 0 Å². The fraction of sp³-hybridized carbons (Fsp3) is 0.824. The van der Waals surface area contributed by atoms with E-state index in [9.17, 15) is 4.79 Å². The van der Waals surface area contributed by atoms with Gasteiger partial charge in [0.05, 0.1) is 19.8 Å². The molecule has 0 bridgehead atoms. The third-order valence-electron chi connectivity index (χ3n) is 5.28. The Bertz CT molecular complexity index is 509. The fourth-order valence-corrected chi connectivity index (χ4v) is 3.50. The van der Waals surface area contributed by atoms with Gasteiger partial charge in [0.15, 0.2) is 0 Å². The normalized spacial score (nSPS) is 21.4. The number of morpholine rings is 1. The zero-order valence-corrected chi connectivity index (χ0v) is 15.2. The predicted molar refractivity (Wildman–Crippen MR) is 94.1 cm³/mol. The first-order valence-corrected chi connectivity index (χ1v) is 9.37. The number of hydrogen-bond acceptors (Lipinski definition) is 6. The van der Waals surface area contributed by atoms with Gasteiger partial charge in [0, 0.05) is 58.3 Å². The highest BCUT2D eigenvalue weighted by Gasteiger charge is 2.23. The molecule has 0 saturated carbocycles. The maximum atomic E-state index is 12.5. The number of nitrogens with zero attached hydrogens (tertiary/aromatic N) is 6. The van der Waals surface area contributed by atoms with Crippen molar-refractivity contribution in [1.82, 2.24) is 29.5 Å². The van der Waals surface area contributed by atoms with Crippen molar-refractivity contribution in [1.29, 1.82) is 0 Å². The molecule has 2 saturated heterocycles. The van der Waals surface area contributed by atoms with Crippen LogP contribution in [0.1, 0.15) is 19.8 Å². The fourth-order valence-electron chi connectivity index (χ4n) is 3.50. The summed E-state index contributed by atoms with van der Waals surface area (Å²) in [7, 11) is 0. The highest BCUT2D eigenvalue weighted by molar-refractivity contribution is 5.76. The summed E-state index contributed by atoms with van der Waals surface area (Å²) in [4.78, 5) is 23.3. The van der Waals surface area contributed by atoms with Gasteiger partial charge in [-0.3, -0.25) is 19.3 Å². The number of carbonyl (C=O) groups is 1. The Morgan fingerprint density at radius 1 is 1.12 bits per heavy atom. The molecule has 0 N–H and O–H groups in total. The molecule has 2 fully saturated rings. The molecule has 1 unspecified atom stereocenters. The van der Waals surface area contributed by atoms with Crippen molar-refractivity contribution >= 4 is 5.91 Å². The number of ether oxygens (including phenoxy) is 1. The van der Waals surface area contributed by atoms with Gasteiger partial charge in [-0.2, -0.15) is 5.10 Å². The van der Waals surface area contributed by atoms with Crippen molar-refractivity contribution < 1.29 is 9.53 Å². The lowest BCUT2D eigenvalue weighted by molar-refractivity contribution is -0.133. The van der Waals surface area contributed by atoms with Crippen LogP contribution in [-0.4, -0.2) is 100 Å². The van der Waals surface area contributed by atoms with E-state index in [1.54, 1.807) is 12.7 Å². The summed E-state index contributed by atoms with van der Waals surface area (Å²) in [6.45, 7) is 11.2. The van der Waals surface area contributed by atoms with Crippen LogP contribution in [0, 0.1) is 0 Å². The monoisotopic (exact) mass is 350 g/mol. The highest BCUT2D eigenvalue weighted by Crippen LogP contribution is 2.12. The summed E-state index contributed by atoms with van der Waals surface area (Å²) in [5, 5.41) is 4.13. The third-order valence-corrected chi connectivity index (χ3v) is 5.28. The molecule has 8 nitrogen and oxygen atoms in total. The SMILES string of the molecule is CC(CCC(=O)N1CCN(CCn2cncn2)CC1)N1CCOCC1. The van der Waals surface area contributed by atoms with Crippen LogP contribution in [0.4, 0.5) is 0 Å². The molecule has 140 valence electrons. The number of piperazine rings is 1.